The van der Waals surface area contributed by atoms with Crippen molar-refractivity contribution in [3.8, 4) is 0 Å². The van der Waals surface area contributed by atoms with Gasteiger partial charge in [0, 0.05) is 12.1 Å². The van der Waals surface area contributed by atoms with Crippen LogP contribution < -0.4 is 11.3 Å². The smallest absolute Gasteiger partial charge is 0.147 e. The molecular weight excluding hydrogens is 290 g/mol. The summed E-state index contributed by atoms with van der Waals surface area (Å²) in [7, 11) is 0. The maximum atomic E-state index is 14.1. The van der Waals surface area contributed by atoms with Crippen molar-refractivity contribution in [1.82, 2.24) is 15.2 Å². The van der Waals surface area contributed by atoms with Gasteiger partial charge in [0.25, 0.3) is 0 Å². The molecule has 0 bridgehead atoms. The lowest BCUT2D eigenvalue weighted by molar-refractivity contribution is 0.516. The molecule has 0 saturated heterocycles. The topological polar surface area (TPSA) is 55.9 Å². The van der Waals surface area contributed by atoms with Gasteiger partial charge >= 0.3 is 0 Å². The van der Waals surface area contributed by atoms with Gasteiger partial charge < -0.3 is 0 Å². The van der Waals surface area contributed by atoms with Crippen LogP contribution in [0.4, 0.5) is 4.39 Å². The second kappa shape index (κ2) is 5.88. The largest absolute Gasteiger partial charge is 0.271 e. The van der Waals surface area contributed by atoms with Crippen molar-refractivity contribution in [2.45, 2.75) is 19.5 Å². The van der Waals surface area contributed by atoms with E-state index in [4.69, 9.17) is 29.0 Å². The molecule has 0 fully saturated rings. The van der Waals surface area contributed by atoms with Crippen molar-refractivity contribution >= 4 is 23.2 Å². The number of aryl methyl sites for hydroxylation is 1. The van der Waals surface area contributed by atoms with Crippen molar-refractivity contribution in [3.05, 3.63) is 51.5 Å². The highest BCUT2D eigenvalue weighted by Crippen LogP contribution is 2.31. The lowest BCUT2D eigenvalue weighted by Gasteiger charge is -2.19. The fourth-order valence-corrected chi connectivity index (χ4v) is 2.40. The molecule has 0 aliphatic heterocycles. The number of benzene rings is 1. The molecule has 19 heavy (non-hydrogen) atoms. The second-order valence-corrected chi connectivity index (χ2v) is 4.75. The molecule has 1 unspecified atom stereocenters. The van der Waals surface area contributed by atoms with Crippen LogP contribution in [0.1, 0.15) is 24.2 Å². The maximum absolute atomic E-state index is 14.1. The molecule has 1 aromatic heterocycles. The first kappa shape index (κ1) is 14.3. The van der Waals surface area contributed by atoms with E-state index in [0.717, 1.165) is 0 Å². The van der Waals surface area contributed by atoms with Crippen molar-refractivity contribution in [2.24, 2.45) is 5.84 Å². The Morgan fingerprint density at radius 1 is 1.42 bits per heavy atom. The summed E-state index contributed by atoms with van der Waals surface area (Å²) >= 11 is 11.9. The highest BCUT2D eigenvalue weighted by molar-refractivity contribution is 6.31. The number of hydrogen-bond acceptors (Lipinski definition) is 3. The minimum Gasteiger partial charge on any atom is -0.271 e. The summed E-state index contributed by atoms with van der Waals surface area (Å²) in [5, 5.41) is 4.57. The van der Waals surface area contributed by atoms with E-state index < -0.39 is 11.9 Å². The normalized spacial score (nSPS) is 12.7. The Morgan fingerprint density at radius 3 is 2.79 bits per heavy atom. The Kier molecular flexibility index (Phi) is 4.42. The van der Waals surface area contributed by atoms with Crippen LogP contribution >= 0.6 is 23.2 Å². The van der Waals surface area contributed by atoms with Crippen molar-refractivity contribution in [1.29, 1.82) is 0 Å². The van der Waals surface area contributed by atoms with Crippen LogP contribution in [0.25, 0.3) is 0 Å². The van der Waals surface area contributed by atoms with Gasteiger partial charge in [-0.1, -0.05) is 35.3 Å². The van der Waals surface area contributed by atoms with Crippen LogP contribution in [0.15, 0.2) is 24.4 Å². The van der Waals surface area contributed by atoms with Gasteiger partial charge in [-0.05, 0) is 13.0 Å². The predicted octanol–water partition coefficient (Wildman–Crippen LogP) is 2.90. The van der Waals surface area contributed by atoms with Crippen molar-refractivity contribution < 1.29 is 4.39 Å². The molecule has 2 rings (SSSR count). The quantitative estimate of drug-likeness (QED) is 0.674. The van der Waals surface area contributed by atoms with Crippen LogP contribution in [0, 0.1) is 5.82 Å². The molecule has 1 atom stereocenters. The zero-order valence-corrected chi connectivity index (χ0v) is 11.7. The Morgan fingerprint density at radius 2 is 2.16 bits per heavy atom. The molecule has 102 valence electrons. The van der Waals surface area contributed by atoms with Gasteiger partial charge in [-0.25, -0.2) is 9.82 Å². The van der Waals surface area contributed by atoms with Gasteiger partial charge in [-0.2, -0.15) is 5.10 Å². The van der Waals surface area contributed by atoms with E-state index in [2.05, 4.69) is 10.5 Å². The van der Waals surface area contributed by atoms with Crippen molar-refractivity contribution in [2.75, 3.05) is 0 Å². The Bertz CT molecular complexity index is 585. The first-order valence-electron chi connectivity index (χ1n) is 5.71. The number of nitrogens with one attached hydrogen (secondary N) is 1. The van der Waals surface area contributed by atoms with Gasteiger partial charge in [0.15, 0.2) is 0 Å². The summed E-state index contributed by atoms with van der Waals surface area (Å²) in [6.45, 7) is 2.51. The summed E-state index contributed by atoms with van der Waals surface area (Å²) in [6.07, 6.45) is 1.51. The SMILES string of the molecule is CCn1ncc(Cl)c1C(NN)c1cccc(Cl)c1F. The standard InChI is InChI=1S/C12H13Cl2FN4/c1-2-19-12(9(14)6-17-19)11(18-16)7-4-3-5-8(13)10(7)15/h3-6,11,18H,2,16H2,1H3. The van der Waals surface area contributed by atoms with Gasteiger partial charge in [-0.3, -0.25) is 10.5 Å². The summed E-state index contributed by atoms with van der Waals surface area (Å²) in [6, 6.07) is 4.13. The second-order valence-electron chi connectivity index (χ2n) is 3.94. The molecule has 1 aromatic carbocycles. The average molecular weight is 303 g/mol. The monoisotopic (exact) mass is 302 g/mol. The molecule has 3 N–H and O–H groups in total. The number of rotatable bonds is 4. The lowest BCUT2D eigenvalue weighted by atomic mass is 10.0. The van der Waals surface area contributed by atoms with Crippen LogP contribution in [-0.4, -0.2) is 9.78 Å². The third kappa shape index (κ3) is 2.60. The molecular formula is C12H13Cl2FN4. The van der Waals surface area contributed by atoms with E-state index in [9.17, 15) is 4.39 Å². The summed E-state index contributed by atoms with van der Waals surface area (Å²) < 4.78 is 15.8. The number of nitrogens with zero attached hydrogens (tertiary/aromatic N) is 2. The van der Waals surface area contributed by atoms with E-state index >= 15 is 0 Å². The van der Waals surface area contributed by atoms with Crippen LogP contribution in [0.5, 0.6) is 0 Å². The molecule has 2 aromatic rings. The molecule has 4 nitrogen and oxygen atoms in total. The molecule has 0 spiro atoms. The zero-order chi connectivity index (χ0) is 14.0. The van der Waals surface area contributed by atoms with E-state index in [1.165, 1.54) is 12.3 Å². The van der Waals surface area contributed by atoms with E-state index in [1.807, 2.05) is 6.92 Å². The van der Waals surface area contributed by atoms with Crippen molar-refractivity contribution in [3.63, 3.8) is 0 Å². The summed E-state index contributed by atoms with van der Waals surface area (Å²) in [5.41, 5.74) is 3.49. The molecule has 7 heteroatoms. The molecule has 0 radical (unpaired) electrons. The van der Waals surface area contributed by atoms with E-state index in [1.54, 1.807) is 16.8 Å². The Balaban J connectivity index is 2.56. The van der Waals surface area contributed by atoms with Gasteiger partial charge in [0.1, 0.15) is 5.82 Å². The number of hydrazine groups is 1. The number of nitrogens with two attached hydrogens (primary N) is 1. The Labute approximate surface area is 120 Å². The number of hydrogen-bond donors (Lipinski definition) is 2. The van der Waals surface area contributed by atoms with Crippen LogP contribution in [0.2, 0.25) is 10.0 Å². The maximum Gasteiger partial charge on any atom is 0.147 e. The van der Waals surface area contributed by atoms with Crippen LogP contribution in [-0.2, 0) is 6.54 Å². The van der Waals surface area contributed by atoms with Gasteiger partial charge in [0.05, 0.1) is 28.0 Å². The molecule has 0 aliphatic rings. The molecule has 1 heterocycles. The summed E-state index contributed by atoms with van der Waals surface area (Å²) in [4.78, 5) is 0. The summed E-state index contributed by atoms with van der Waals surface area (Å²) in [5.74, 6) is 5.03. The van der Waals surface area contributed by atoms with Gasteiger partial charge in [-0.15, -0.1) is 0 Å². The van der Waals surface area contributed by atoms with E-state index in [0.29, 0.717) is 22.8 Å². The third-order valence-electron chi connectivity index (χ3n) is 2.87. The lowest BCUT2D eigenvalue weighted by Crippen LogP contribution is -2.31. The minimum atomic E-state index is -0.617. The van der Waals surface area contributed by atoms with E-state index in [-0.39, 0.29) is 5.02 Å². The zero-order valence-electron chi connectivity index (χ0n) is 10.2. The third-order valence-corrected chi connectivity index (χ3v) is 3.45. The number of aromatic nitrogens is 2. The number of halogens is 3. The highest BCUT2D eigenvalue weighted by atomic mass is 35.5. The fourth-order valence-electron chi connectivity index (χ4n) is 1.97. The minimum absolute atomic E-state index is 0.0384. The first-order chi connectivity index (χ1) is 9.10. The average Bonchev–Trinajstić information content (AvgIpc) is 2.77. The highest BCUT2D eigenvalue weighted by Gasteiger charge is 2.24. The predicted molar refractivity (Wildman–Crippen MR) is 73.5 cm³/mol. The fraction of sp³-hybridized carbons (Fsp3) is 0.250. The van der Waals surface area contributed by atoms with Crippen LogP contribution in [0.3, 0.4) is 0 Å². The molecule has 0 saturated carbocycles. The first-order valence-corrected chi connectivity index (χ1v) is 6.47. The molecule has 0 amide bonds. The molecule has 0 aliphatic carbocycles. The van der Waals surface area contributed by atoms with Gasteiger partial charge in [0.2, 0.25) is 0 Å². The Hall–Kier alpha value is -1.14.